The van der Waals surface area contributed by atoms with Crippen molar-refractivity contribution in [2.75, 3.05) is 39.9 Å². The highest BCUT2D eigenvalue weighted by atomic mass is 16.7. The number of rotatable bonds is 7. The molecule has 1 aliphatic heterocycles. The summed E-state index contributed by atoms with van der Waals surface area (Å²) in [5, 5.41) is 39.0. The van der Waals surface area contributed by atoms with Crippen LogP contribution in [0.3, 0.4) is 0 Å². The number of hydrazine groups is 1. The molecule has 0 bridgehead atoms. The van der Waals surface area contributed by atoms with Crippen LogP contribution in [0.5, 0.6) is 11.5 Å². The van der Waals surface area contributed by atoms with Gasteiger partial charge in [-0.25, -0.2) is 4.79 Å². The van der Waals surface area contributed by atoms with Gasteiger partial charge in [-0.1, -0.05) is 0 Å². The van der Waals surface area contributed by atoms with E-state index in [9.17, 15) is 30.2 Å². The zero-order valence-electron chi connectivity index (χ0n) is 16.3. The fourth-order valence-corrected chi connectivity index (χ4v) is 2.66. The normalized spacial score (nSPS) is 14.7. The van der Waals surface area contributed by atoms with E-state index in [-0.39, 0.29) is 37.0 Å². The third kappa shape index (κ3) is 5.33. The van der Waals surface area contributed by atoms with Crippen molar-refractivity contribution in [1.82, 2.24) is 9.91 Å². The van der Waals surface area contributed by atoms with Crippen molar-refractivity contribution >= 4 is 17.5 Å². The monoisotopic (exact) mass is 428 g/mol. The highest BCUT2D eigenvalue weighted by Gasteiger charge is 2.28. The van der Waals surface area contributed by atoms with Crippen LogP contribution in [-0.2, 0) is 4.74 Å². The van der Waals surface area contributed by atoms with Gasteiger partial charge in [0.05, 0.1) is 41.6 Å². The van der Waals surface area contributed by atoms with Crippen LogP contribution in [0.1, 0.15) is 13.3 Å². The largest absolute Gasteiger partial charge is 0.569 e. The van der Waals surface area contributed by atoms with Crippen molar-refractivity contribution in [1.29, 1.82) is 0 Å². The number of methoxy groups -OCH3 is 1. The van der Waals surface area contributed by atoms with Crippen molar-refractivity contribution in [2.45, 2.75) is 13.3 Å². The molecule has 2 rings (SSSR count). The average molecular weight is 428 g/mol. The number of amides is 1. The van der Waals surface area contributed by atoms with Crippen LogP contribution in [0.4, 0.5) is 16.2 Å². The summed E-state index contributed by atoms with van der Waals surface area (Å²) in [7, 11) is 1.14. The Morgan fingerprint density at radius 1 is 1.07 bits per heavy atom. The molecular weight excluding hydrogens is 408 g/mol. The van der Waals surface area contributed by atoms with Gasteiger partial charge in [-0.05, 0) is 13.3 Å². The molecule has 0 N–H and O–H groups in total. The number of carbonyl (C=O) groups excluding carboxylic acids is 1. The molecule has 0 radical (unpaired) electrons. The average Bonchev–Trinajstić information content (AvgIpc) is 2.97. The van der Waals surface area contributed by atoms with E-state index in [1.165, 1.54) is 9.91 Å². The first-order valence-electron chi connectivity index (χ1n) is 8.81. The van der Waals surface area contributed by atoms with Gasteiger partial charge in [-0.15, -0.1) is 5.01 Å². The van der Waals surface area contributed by atoms with E-state index in [2.05, 4.69) is 5.28 Å². The molecule has 15 nitrogen and oxygen atoms in total. The smallest absolute Gasteiger partial charge is 0.409 e. The molecule has 0 aliphatic carbocycles. The standard InChI is InChI=1S/C15H20N6O9/c1-3-29-15(22)17-5-4-6-18(8-7-17)21(27)16-30-14-10-13(28-2)11(19(23)24)9-12(14)20(25)26/h9-10H,3-8H2,1-2H3/b21-16-. The first kappa shape index (κ1) is 22.4. The van der Waals surface area contributed by atoms with Crippen molar-refractivity contribution in [2.24, 2.45) is 5.28 Å². The molecule has 1 aromatic carbocycles. The van der Waals surface area contributed by atoms with Crippen LogP contribution >= 0.6 is 0 Å². The van der Waals surface area contributed by atoms with Crippen molar-refractivity contribution in [3.63, 3.8) is 0 Å². The quantitative estimate of drug-likeness (QED) is 0.269. The predicted molar refractivity (Wildman–Crippen MR) is 97.8 cm³/mol. The second kappa shape index (κ2) is 10.0. The first-order valence-corrected chi connectivity index (χ1v) is 8.81. The molecule has 1 aromatic rings. The Labute approximate surface area is 169 Å². The van der Waals surface area contributed by atoms with E-state index in [0.29, 0.717) is 19.0 Å². The molecule has 1 aliphatic rings. The van der Waals surface area contributed by atoms with Gasteiger partial charge in [0.25, 0.3) is 0 Å². The Bertz CT molecular complexity index is 846. The summed E-state index contributed by atoms with van der Waals surface area (Å²) in [4.78, 5) is 38.7. The number of nitro benzene ring substituents is 2. The van der Waals surface area contributed by atoms with E-state index >= 15 is 0 Å². The van der Waals surface area contributed by atoms with Gasteiger partial charge in [0.2, 0.25) is 16.8 Å². The minimum absolute atomic E-state index is 0.103. The lowest BCUT2D eigenvalue weighted by molar-refractivity contribution is -0.706. The van der Waals surface area contributed by atoms with Crippen LogP contribution in [-0.4, -0.2) is 70.7 Å². The summed E-state index contributed by atoms with van der Waals surface area (Å²) in [5.41, 5.74) is -1.40. The Balaban J connectivity index is 2.17. The van der Waals surface area contributed by atoms with Gasteiger partial charge in [-0.2, -0.15) is 0 Å². The minimum atomic E-state index is -0.907. The first-order chi connectivity index (χ1) is 14.3. The SMILES string of the molecule is CCOC(=O)N1CCCN(/[N+]([O-])=N/Oc2cc(OC)c([N+](=O)[O-])cc2[N+](=O)[O-])CC1. The molecule has 1 heterocycles. The van der Waals surface area contributed by atoms with Gasteiger partial charge in [0.1, 0.15) is 6.07 Å². The van der Waals surface area contributed by atoms with Gasteiger partial charge in [0, 0.05) is 19.2 Å². The molecule has 164 valence electrons. The van der Waals surface area contributed by atoms with E-state index < -0.39 is 33.1 Å². The maximum atomic E-state index is 12.2. The fourth-order valence-electron chi connectivity index (χ4n) is 2.66. The van der Waals surface area contributed by atoms with Crippen LogP contribution < -0.4 is 9.57 Å². The molecule has 0 unspecified atom stereocenters. The number of carbonyl (C=O) groups is 1. The highest BCUT2D eigenvalue weighted by molar-refractivity contribution is 5.67. The molecule has 0 spiro atoms. The Morgan fingerprint density at radius 2 is 1.73 bits per heavy atom. The minimum Gasteiger partial charge on any atom is -0.569 e. The number of nitro groups is 2. The maximum Gasteiger partial charge on any atom is 0.409 e. The zero-order chi connectivity index (χ0) is 22.3. The summed E-state index contributed by atoms with van der Waals surface area (Å²) in [5.74, 6) is -0.806. The molecule has 1 amide bonds. The van der Waals surface area contributed by atoms with Crippen LogP contribution in [0.15, 0.2) is 17.4 Å². The lowest BCUT2D eigenvalue weighted by Gasteiger charge is -2.19. The van der Waals surface area contributed by atoms with Gasteiger partial charge in [-0.3, -0.25) is 25.1 Å². The molecule has 1 saturated heterocycles. The van der Waals surface area contributed by atoms with Gasteiger partial charge >= 0.3 is 17.5 Å². The van der Waals surface area contributed by atoms with Crippen LogP contribution in [0.2, 0.25) is 0 Å². The zero-order valence-corrected chi connectivity index (χ0v) is 16.3. The molecule has 15 heteroatoms. The van der Waals surface area contributed by atoms with E-state index in [1.54, 1.807) is 6.92 Å². The second-order valence-electron chi connectivity index (χ2n) is 5.92. The van der Waals surface area contributed by atoms with Crippen LogP contribution in [0, 0.1) is 25.4 Å². The Hall–Kier alpha value is -3.91. The van der Waals surface area contributed by atoms with E-state index in [0.717, 1.165) is 13.2 Å². The molecule has 30 heavy (non-hydrogen) atoms. The van der Waals surface area contributed by atoms with Gasteiger partial charge in [0.15, 0.2) is 0 Å². The van der Waals surface area contributed by atoms with Crippen LogP contribution in [0.25, 0.3) is 0 Å². The number of hydrogen-bond donors (Lipinski definition) is 0. The summed E-state index contributed by atoms with van der Waals surface area (Å²) < 4.78 is 9.77. The molecule has 0 atom stereocenters. The second-order valence-corrected chi connectivity index (χ2v) is 5.92. The summed E-state index contributed by atoms with van der Waals surface area (Å²) >= 11 is 0. The fraction of sp³-hybridized carbons (Fsp3) is 0.533. The molecular formula is C15H20N6O9. The molecule has 0 saturated carbocycles. The summed E-state index contributed by atoms with van der Waals surface area (Å²) in [6.45, 7) is 2.88. The van der Waals surface area contributed by atoms with Crippen molar-refractivity contribution in [3.05, 3.63) is 37.6 Å². The van der Waals surface area contributed by atoms with E-state index in [4.69, 9.17) is 14.3 Å². The van der Waals surface area contributed by atoms with E-state index in [1.807, 2.05) is 0 Å². The molecule has 0 aromatic heterocycles. The third-order valence-corrected chi connectivity index (χ3v) is 4.10. The highest BCUT2D eigenvalue weighted by Crippen LogP contribution is 2.39. The summed E-state index contributed by atoms with van der Waals surface area (Å²) in [6.07, 6.45) is -0.0305. The number of hydrogen-bond acceptors (Lipinski definition) is 10. The predicted octanol–water partition coefficient (Wildman–Crippen LogP) is 1.85. The lowest BCUT2D eigenvalue weighted by atomic mass is 10.2. The maximum absolute atomic E-state index is 12.2. The van der Waals surface area contributed by atoms with Crippen molar-refractivity contribution < 1.29 is 33.9 Å². The summed E-state index contributed by atoms with van der Waals surface area (Å²) in [6, 6.07) is 1.56. The Morgan fingerprint density at radius 3 is 2.33 bits per heavy atom. The number of benzene rings is 1. The van der Waals surface area contributed by atoms with Crippen molar-refractivity contribution in [3.8, 4) is 11.5 Å². The number of nitrogens with zero attached hydrogens (tertiary/aromatic N) is 6. The Kier molecular flexibility index (Phi) is 7.49. The number of ether oxygens (including phenoxy) is 2. The third-order valence-electron chi connectivity index (χ3n) is 4.10. The molecule has 1 fully saturated rings. The lowest BCUT2D eigenvalue weighted by Crippen LogP contribution is -2.37. The topological polar surface area (TPSA) is 176 Å². The van der Waals surface area contributed by atoms with Gasteiger partial charge < -0.3 is 19.6 Å².